The molecule has 1 aromatic heterocycles. The molecule has 0 aliphatic heterocycles. The van der Waals surface area contributed by atoms with Gasteiger partial charge in [-0.25, -0.2) is 0 Å². The molecular formula is C7H9N3O2. The van der Waals surface area contributed by atoms with Crippen molar-refractivity contribution in [2.75, 3.05) is 0 Å². The number of amidine groups is 1. The SMILES string of the molecule is N/C(=N/O)C(O)c1cccnc1. The number of oxime groups is 1. The Labute approximate surface area is 69.2 Å². The summed E-state index contributed by atoms with van der Waals surface area (Å²) >= 11 is 0. The van der Waals surface area contributed by atoms with E-state index in [1.54, 1.807) is 18.3 Å². The van der Waals surface area contributed by atoms with E-state index in [4.69, 9.17) is 10.9 Å². The molecule has 4 N–H and O–H groups in total. The van der Waals surface area contributed by atoms with Crippen LogP contribution in [0.1, 0.15) is 11.7 Å². The molecule has 5 heteroatoms. The Bertz CT molecular complexity index is 273. The van der Waals surface area contributed by atoms with Gasteiger partial charge in [-0.3, -0.25) is 4.98 Å². The van der Waals surface area contributed by atoms with E-state index in [1.807, 2.05) is 0 Å². The van der Waals surface area contributed by atoms with Crippen molar-refractivity contribution in [2.45, 2.75) is 6.10 Å². The first kappa shape index (κ1) is 8.48. The van der Waals surface area contributed by atoms with E-state index < -0.39 is 6.10 Å². The number of rotatable bonds is 2. The Morgan fingerprint density at radius 1 is 1.67 bits per heavy atom. The molecule has 0 radical (unpaired) electrons. The van der Waals surface area contributed by atoms with Crippen LogP contribution in [0.25, 0.3) is 0 Å². The zero-order chi connectivity index (χ0) is 8.97. The number of aliphatic hydroxyl groups excluding tert-OH is 1. The number of hydrogen-bond acceptors (Lipinski definition) is 4. The normalized spacial score (nSPS) is 14.2. The van der Waals surface area contributed by atoms with Crippen LogP contribution >= 0.6 is 0 Å². The molecule has 5 nitrogen and oxygen atoms in total. The van der Waals surface area contributed by atoms with Crippen LogP contribution in [0.5, 0.6) is 0 Å². The Morgan fingerprint density at radius 2 is 2.42 bits per heavy atom. The summed E-state index contributed by atoms with van der Waals surface area (Å²) in [6.07, 6.45) is 1.93. The number of hydrogen-bond donors (Lipinski definition) is 3. The predicted octanol–water partition coefficient (Wildman–Crippen LogP) is -0.139. The Balaban J connectivity index is 2.86. The smallest absolute Gasteiger partial charge is 0.172 e. The minimum absolute atomic E-state index is 0.247. The third kappa shape index (κ3) is 1.70. The molecule has 1 unspecified atom stereocenters. The third-order valence-corrected chi connectivity index (χ3v) is 1.40. The molecule has 1 aromatic rings. The highest BCUT2D eigenvalue weighted by atomic mass is 16.4. The van der Waals surface area contributed by atoms with E-state index in [-0.39, 0.29) is 5.84 Å². The molecule has 0 spiro atoms. The van der Waals surface area contributed by atoms with Gasteiger partial charge in [0.15, 0.2) is 5.84 Å². The summed E-state index contributed by atoms with van der Waals surface area (Å²) in [4.78, 5) is 3.77. The molecule has 1 rings (SSSR count). The zero-order valence-corrected chi connectivity index (χ0v) is 6.25. The standard InChI is InChI=1S/C7H9N3O2/c8-7(10-12)6(11)5-2-1-3-9-4-5/h1-4,6,11-12H,(H2,8,10). The third-order valence-electron chi connectivity index (χ3n) is 1.40. The molecule has 12 heavy (non-hydrogen) atoms. The lowest BCUT2D eigenvalue weighted by Crippen LogP contribution is -2.21. The fourth-order valence-electron chi connectivity index (χ4n) is 0.763. The first-order valence-corrected chi connectivity index (χ1v) is 3.31. The molecule has 0 aromatic carbocycles. The van der Waals surface area contributed by atoms with E-state index in [0.717, 1.165) is 0 Å². The maximum Gasteiger partial charge on any atom is 0.172 e. The molecule has 0 saturated carbocycles. The molecular weight excluding hydrogens is 158 g/mol. The van der Waals surface area contributed by atoms with Crippen molar-refractivity contribution in [1.82, 2.24) is 4.98 Å². The average Bonchev–Trinajstić information content (AvgIpc) is 2.17. The molecule has 0 aliphatic rings. The second kappa shape index (κ2) is 3.68. The maximum atomic E-state index is 9.33. The van der Waals surface area contributed by atoms with Crippen molar-refractivity contribution in [3.05, 3.63) is 30.1 Å². The fourth-order valence-corrected chi connectivity index (χ4v) is 0.763. The van der Waals surface area contributed by atoms with Gasteiger partial charge in [0.2, 0.25) is 0 Å². The van der Waals surface area contributed by atoms with E-state index >= 15 is 0 Å². The van der Waals surface area contributed by atoms with Crippen molar-refractivity contribution >= 4 is 5.84 Å². The van der Waals surface area contributed by atoms with E-state index in [2.05, 4.69) is 10.1 Å². The second-order valence-corrected chi connectivity index (χ2v) is 2.21. The Kier molecular flexibility index (Phi) is 2.60. The molecule has 64 valence electrons. The van der Waals surface area contributed by atoms with Crippen LogP contribution in [0.2, 0.25) is 0 Å². The van der Waals surface area contributed by atoms with Gasteiger partial charge < -0.3 is 16.0 Å². The Hall–Kier alpha value is -1.62. The van der Waals surface area contributed by atoms with Crippen LogP contribution in [0.3, 0.4) is 0 Å². The van der Waals surface area contributed by atoms with Gasteiger partial charge in [-0.15, -0.1) is 0 Å². The maximum absolute atomic E-state index is 9.33. The number of aliphatic hydroxyl groups is 1. The van der Waals surface area contributed by atoms with Crippen molar-refractivity contribution in [3.8, 4) is 0 Å². The van der Waals surface area contributed by atoms with Gasteiger partial charge in [-0.05, 0) is 6.07 Å². The van der Waals surface area contributed by atoms with Crippen LogP contribution in [-0.4, -0.2) is 21.1 Å². The van der Waals surface area contributed by atoms with Crippen LogP contribution in [-0.2, 0) is 0 Å². The molecule has 0 fully saturated rings. The summed E-state index contributed by atoms with van der Waals surface area (Å²) in [5.74, 6) is -0.247. The van der Waals surface area contributed by atoms with Gasteiger partial charge in [0, 0.05) is 18.0 Å². The molecule has 0 bridgehead atoms. The van der Waals surface area contributed by atoms with Crippen LogP contribution in [0.15, 0.2) is 29.7 Å². The minimum Gasteiger partial charge on any atom is -0.409 e. The first-order chi connectivity index (χ1) is 5.75. The van der Waals surface area contributed by atoms with Gasteiger partial charge >= 0.3 is 0 Å². The first-order valence-electron chi connectivity index (χ1n) is 3.31. The van der Waals surface area contributed by atoms with Gasteiger partial charge in [-0.2, -0.15) is 0 Å². The quantitative estimate of drug-likeness (QED) is 0.247. The predicted molar refractivity (Wildman–Crippen MR) is 42.6 cm³/mol. The lowest BCUT2D eigenvalue weighted by atomic mass is 10.1. The summed E-state index contributed by atoms with van der Waals surface area (Å²) in [6, 6.07) is 3.29. The van der Waals surface area contributed by atoms with Crippen molar-refractivity contribution < 1.29 is 10.3 Å². The van der Waals surface area contributed by atoms with Crippen molar-refractivity contribution in [1.29, 1.82) is 0 Å². The highest BCUT2D eigenvalue weighted by Crippen LogP contribution is 2.09. The lowest BCUT2D eigenvalue weighted by molar-refractivity contribution is 0.232. The molecule has 1 atom stereocenters. The number of nitrogens with zero attached hydrogens (tertiary/aromatic N) is 2. The number of pyridine rings is 1. The van der Waals surface area contributed by atoms with Gasteiger partial charge in [0.05, 0.1) is 0 Å². The van der Waals surface area contributed by atoms with Crippen LogP contribution in [0, 0.1) is 0 Å². The number of nitrogens with two attached hydrogens (primary N) is 1. The van der Waals surface area contributed by atoms with Gasteiger partial charge in [0.25, 0.3) is 0 Å². The topological polar surface area (TPSA) is 91.7 Å². The lowest BCUT2D eigenvalue weighted by Gasteiger charge is -2.06. The molecule has 0 aliphatic carbocycles. The monoisotopic (exact) mass is 167 g/mol. The minimum atomic E-state index is -1.09. The van der Waals surface area contributed by atoms with Crippen molar-refractivity contribution in [3.63, 3.8) is 0 Å². The highest BCUT2D eigenvalue weighted by Gasteiger charge is 2.11. The van der Waals surface area contributed by atoms with E-state index in [0.29, 0.717) is 5.56 Å². The second-order valence-electron chi connectivity index (χ2n) is 2.21. The summed E-state index contributed by atoms with van der Waals surface area (Å²) in [5, 5.41) is 20.3. The molecule has 0 amide bonds. The van der Waals surface area contributed by atoms with Gasteiger partial charge in [0.1, 0.15) is 6.10 Å². The van der Waals surface area contributed by atoms with Gasteiger partial charge in [-0.1, -0.05) is 11.2 Å². The van der Waals surface area contributed by atoms with E-state index in [9.17, 15) is 5.11 Å². The van der Waals surface area contributed by atoms with Crippen LogP contribution < -0.4 is 5.73 Å². The van der Waals surface area contributed by atoms with Crippen molar-refractivity contribution in [2.24, 2.45) is 10.9 Å². The average molecular weight is 167 g/mol. The Morgan fingerprint density at radius 3 is 2.92 bits per heavy atom. The molecule has 0 saturated heterocycles. The summed E-state index contributed by atoms with van der Waals surface area (Å²) in [6.45, 7) is 0. The molecule has 1 heterocycles. The zero-order valence-electron chi connectivity index (χ0n) is 6.25. The largest absolute Gasteiger partial charge is 0.409 e. The number of aromatic nitrogens is 1. The highest BCUT2D eigenvalue weighted by molar-refractivity contribution is 5.85. The van der Waals surface area contributed by atoms with Crippen LogP contribution in [0.4, 0.5) is 0 Å². The van der Waals surface area contributed by atoms with E-state index in [1.165, 1.54) is 6.20 Å². The fraction of sp³-hybridized carbons (Fsp3) is 0.143. The summed E-state index contributed by atoms with van der Waals surface area (Å²) < 4.78 is 0. The summed E-state index contributed by atoms with van der Waals surface area (Å²) in [5.41, 5.74) is 5.66. The summed E-state index contributed by atoms with van der Waals surface area (Å²) in [7, 11) is 0.